The molecule has 1 aromatic carbocycles. The largest absolute Gasteiger partial charge is 0.468 e. The van der Waals surface area contributed by atoms with Gasteiger partial charge in [0.05, 0.1) is 17.4 Å². The molecule has 1 aliphatic carbocycles. The Morgan fingerprint density at radius 3 is 2.68 bits per heavy atom. The van der Waals surface area contributed by atoms with Crippen molar-refractivity contribution >= 4 is 29.3 Å². The summed E-state index contributed by atoms with van der Waals surface area (Å²) in [4.78, 5) is 12.4. The van der Waals surface area contributed by atoms with Gasteiger partial charge < -0.3 is 9.73 Å². The molecule has 0 radical (unpaired) electrons. The van der Waals surface area contributed by atoms with Crippen LogP contribution in [0.4, 0.5) is 0 Å². The van der Waals surface area contributed by atoms with Gasteiger partial charge in [0.2, 0.25) is 5.91 Å². The minimum atomic E-state index is -0.323. The summed E-state index contributed by atoms with van der Waals surface area (Å²) in [5.41, 5.74) is 0.744. The van der Waals surface area contributed by atoms with Crippen LogP contribution in [0.3, 0.4) is 0 Å². The highest BCUT2D eigenvalue weighted by Crippen LogP contribution is 2.48. The molecule has 1 aromatic heterocycles. The maximum Gasteiger partial charge on any atom is 0.230 e. The maximum absolute atomic E-state index is 12.4. The fourth-order valence-electron chi connectivity index (χ4n) is 2.51. The van der Waals surface area contributed by atoms with Crippen LogP contribution in [0, 0.1) is 0 Å². The molecule has 0 bridgehead atoms. The second-order valence-electron chi connectivity index (χ2n) is 5.48. The summed E-state index contributed by atoms with van der Waals surface area (Å²) in [6.45, 7) is 0.680. The quantitative estimate of drug-likeness (QED) is 0.777. The molecular weight excluding hydrogens is 318 g/mol. The van der Waals surface area contributed by atoms with Crippen molar-refractivity contribution in [3.05, 3.63) is 59.0 Å². The minimum absolute atomic E-state index is 0.133. The van der Waals surface area contributed by atoms with E-state index in [1.807, 2.05) is 36.4 Å². The molecule has 116 valence electrons. The van der Waals surface area contributed by atoms with E-state index in [4.69, 9.17) is 16.0 Å². The van der Waals surface area contributed by atoms with Crippen LogP contribution in [0.25, 0.3) is 0 Å². The van der Waals surface area contributed by atoms with Gasteiger partial charge in [-0.05, 0) is 42.7 Å². The van der Waals surface area contributed by atoms with E-state index in [2.05, 4.69) is 5.32 Å². The number of halogens is 1. The van der Waals surface area contributed by atoms with E-state index in [0.717, 1.165) is 35.7 Å². The molecule has 1 aliphatic rings. The molecule has 1 N–H and O–H groups in total. The molecule has 3 rings (SSSR count). The minimum Gasteiger partial charge on any atom is -0.468 e. The van der Waals surface area contributed by atoms with Gasteiger partial charge in [-0.25, -0.2) is 0 Å². The molecule has 5 heteroatoms. The Kier molecular flexibility index (Phi) is 4.79. The molecule has 3 nitrogen and oxygen atoms in total. The van der Waals surface area contributed by atoms with Crippen molar-refractivity contribution in [2.45, 2.75) is 24.0 Å². The molecule has 1 amide bonds. The third-order valence-electron chi connectivity index (χ3n) is 3.94. The van der Waals surface area contributed by atoms with Crippen LogP contribution in [0.1, 0.15) is 24.2 Å². The van der Waals surface area contributed by atoms with Gasteiger partial charge in [0.25, 0.3) is 0 Å². The predicted octanol–water partition coefficient (Wildman–Crippen LogP) is 4.01. The number of carbonyl (C=O) groups excluding carboxylic acids is 1. The van der Waals surface area contributed by atoms with Crippen LogP contribution in [0.15, 0.2) is 47.1 Å². The van der Waals surface area contributed by atoms with Gasteiger partial charge >= 0.3 is 0 Å². The van der Waals surface area contributed by atoms with Gasteiger partial charge in [0.1, 0.15) is 5.76 Å². The maximum atomic E-state index is 12.4. The Labute approximate surface area is 139 Å². The zero-order valence-corrected chi connectivity index (χ0v) is 13.8. The highest BCUT2D eigenvalue weighted by molar-refractivity contribution is 7.98. The van der Waals surface area contributed by atoms with Crippen LogP contribution in [-0.4, -0.2) is 18.2 Å². The molecule has 22 heavy (non-hydrogen) atoms. The van der Waals surface area contributed by atoms with Crippen LogP contribution >= 0.6 is 23.4 Å². The number of hydrogen-bond acceptors (Lipinski definition) is 3. The summed E-state index contributed by atoms with van der Waals surface area (Å²) in [5, 5.41) is 3.76. The van der Waals surface area contributed by atoms with Gasteiger partial charge in [-0.1, -0.05) is 23.7 Å². The first-order valence-corrected chi connectivity index (χ1v) is 8.88. The van der Waals surface area contributed by atoms with E-state index in [1.54, 1.807) is 18.0 Å². The Hall–Kier alpha value is -1.39. The van der Waals surface area contributed by atoms with E-state index in [-0.39, 0.29) is 11.3 Å². The fourth-order valence-corrected chi connectivity index (χ4v) is 3.40. The van der Waals surface area contributed by atoms with Crippen molar-refractivity contribution in [2.75, 3.05) is 12.3 Å². The second kappa shape index (κ2) is 6.80. The molecule has 2 aromatic rings. The Bertz CT molecular complexity index is 621. The van der Waals surface area contributed by atoms with E-state index in [9.17, 15) is 4.79 Å². The predicted molar refractivity (Wildman–Crippen MR) is 90.2 cm³/mol. The van der Waals surface area contributed by atoms with Crippen LogP contribution < -0.4 is 5.32 Å². The lowest BCUT2D eigenvalue weighted by Crippen LogP contribution is -2.36. The van der Waals surface area contributed by atoms with Gasteiger partial charge in [-0.2, -0.15) is 11.8 Å². The lowest BCUT2D eigenvalue weighted by molar-refractivity contribution is -0.123. The highest BCUT2D eigenvalue weighted by atomic mass is 35.5. The van der Waals surface area contributed by atoms with Gasteiger partial charge in [-0.15, -0.1) is 0 Å². The molecule has 0 spiro atoms. The molecule has 0 unspecified atom stereocenters. The second-order valence-corrected chi connectivity index (χ2v) is 7.02. The number of amides is 1. The molecule has 1 heterocycles. The van der Waals surface area contributed by atoms with Gasteiger partial charge in [0.15, 0.2) is 0 Å². The first-order chi connectivity index (χ1) is 10.7. The molecule has 0 aliphatic heterocycles. The van der Waals surface area contributed by atoms with Gasteiger partial charge in [0, 0.05) is 17.3 Å². The Morgan fingerprint density at radius 1 is 1.27 bits per heavy atom. The van der Waals surface area contributed by atoms with Crippen LogP contribution in [0.5, 0.6) is 0 Å². The first-order valence-electron chi connectivity index (χ1n) is 7.35. The van der Waals surface area contributed by atoms with Crippen molar-refractivity contribution < 1.29 is 9.21 Å². The zero-order valence-electron chi connectivity index (χ0n) is 12.2. The average molecular weight is 336 g/mol. The van der Waals surface area contributed by atoms with Crippen LogP contribution in [-0.2, 0) is 16.0 Å². The van der Waals surface area contributed by atoms with Gasteiger partial charge in [-0.3, -0.25) is 4.79 Å². The molecule has 1 saturated carbocycles. The summed E-state index contributed by atoms with van der Waals surface area (Å²) < 4.78 is 5.27. The van der Waals surface area contributed by atoms with Crippen molar-refractivity contribution in [3.8, 4) is 0 Å². The number of benzene rings is 1. The normalized spacial score (nSPS) is 15.5. The van der Waals surface area contributed by atoms with E-state index >= 15 is 0 Å². The number of hydrogen-bond donors (Lipinski definition) is 1. The fraction of sp³-hybridized carbons (Fsp3) is 0.353. The first kappa shape index (κ1) is 15.5. The molecular formula is C17H18ClNO2S. The summed E-state index contributed by atoms with van der Waals surface area (Å²) in [5.74, 6) is 2.82. The number of rotatable bonds is 7. The van der Waals surface area contributed by atoms with Crippen molar-refractivity contribution in [1.29, 1.82) is 0 Å². The average Bonchev–Trinajstić information content (AvgIpc) is 3.17. The highest BCUT2D eigenvalue weighted by Gasteiger charge is 2.50. The smallest absolute Gasteiger partial charge is 0.230 e. The zero-order chi connectivity index (χ0) is 15.4. The third kappa shape index (κ3) is 3.50. The molecule has 0 saturated heterocycles. The molecule has 0 atom stereocenters. The third-order valence-corrected chi connectivity index (χ3v) is 5.17. The van der Waals surface area contributed by atoms with E-state index in [0.29, 0.717) is 11.6 Å². The van der Waals surface area contributed by atoms with Crippen molar-refractivity contribution in [2.24, 2.45) is 0 Å². The Morgan fingerprint density at radius 2 is 2.05 bits per heavy atom. The Balaban J connectivity index is 1.44. The summed E-state index contributed by atoms with van der Waals surface area (Å²) >= 11 is 7.67. The van der Waals surface area contributed by atoms with E-state index in [1.165, 1.54) is 0 Å². The SMILES string of the molecule is O=C(NCCSCc1ccco1)C1(c2ccc(Cl)cc2)CC1. The summed E-state index contributed by atoms with van der Waals surface area (Å²) in [6, 6.07) is 11.5. The summed E-state index contributed by atoms with van der Waals surface area (Å²) in [6.07, 6.45) is 3.51. The van der Waals surface area contributed by atoms with Crippen molar-refractivity contribution in [3.63, 3.8) is 0 Å². The molecule has 1 fully saturated rings. The number of nitrogens with one attached hydrogen (secondary N) is 1. The number of furan rings is 1. The standard InChI is InChI=1S/C17H18ClNO2S/c18-14-5-3-13(4-6-14)17(7-8-17)16(20)19-9-11-22-12-15-2-1-10-21-15/h1-6,10H,7-9,11-12H2,(H,19,20). The monoisotopic (exact) mass is 335 g/mol. The lowest BCUT2D eigenvalue weighted by Gasteiger charge is -2.15. The van der Waals surface area contributed by atoms with E-state index < -0.39 is 0 Å². The van der Waals surface area contributed by atoms with Crippen LogP contribution in [0.2, 0.25) is 5.02 Å². The summed E-state index contributed by atoms with van der Waals surface area (Å²) in [7, 11) is 0. The van der Waals surface area contributed by atoms with Crippen molar-refractivity contribution in [1.82, 2.24) is 5.32 Å². The number of thioether (sulfide) groups is 1. The topological polar surface area (TPSA) is 42.2 Å². The lowest BCUT2D eigenvalue weighted by atomic mass is 9.95. The number of carbonyl (C=O) groups is 1.